The lowest BCUT2D eigenvalue weighted by atomic mass is 10.1. The van der Waals surface area contributed by atoms with E-state index in [0.29, 0.717) is 30.8 Å². The van der Waals surface area contributed by atoms with Crippen LogP contribution in [0, 0.1) is 5.82 Å². The van der Waals surface area contributed by atoms with Crippen molar-refractivity contribution in [3.63, 3.8) is 0 Å². The second-order valence-corrected chi connectivity index (χ2v) is 7.78. The van der Waals surface area contributed by atoms with Crippen LogP contribution in [0.5, 0.6) is 5.75 Å². The molecule has 9 heteroatoms. The lowest BCUT2D eigenvalue weighted by Crippen LogP contribution is -2.28. The van der Waals surface area contributed by atoms with Gasteiger partial charge in [0, 0.05) is 36.6 Å². The minimum Gasteiger partial charge on any atom is -0.492 e. The van der Waals surface area contributed by atoms with Gasteiger partial charge in [-0.1, -0.05) is 0 Å². The zero-order valence-corrected chi connectivity index (χ0v) is 17.6. The summed E-state index contributed by atoms with van der Waals surface area (Å²) in [6, 6.07) is 7.37. The number of methoxy groups -OCH3 is 1. The molecule has 1 aliphatic heterocycles. The highest BCUT2D eigenvalue weighted by atomic mass is 19.1. The summed E-state index contributed by atoms with van der Waals surface area (Å²) < 4.78 is 22.3. The molecule has 4 rings (SSSR count). The van der Waals surface area contributed by atoms with E-state index in [9.17, 15) is 19.5 Å². The van der Waals surface area contributed by atoms with Crippen LogP contribution in [0.1, 0.15) is 34.1 Å². The van der Waals surface area contributed by atoms with Gasteiger partial charge in [0.15, 0.2) is 17.3 Å². The van der Waals surface area contributed by atoms with Crippen LogP contribution < -0.4 is 20.8 Å². The van der Waals surface area contributed by atoms with E-state index in [1.54, 1.807) is 29.2 Å². The molecule has 32 heavy (non-hydrogen) atoms. The minimum atomic E-state index is -1.43. The summed E-state index contributed by atoms with van der Waals surface area (Å²) >= 11 is 0. The molecule has 3 N–H and O–H groups in total. The number of nitrogens with two attached hydrogens (primary N) is 1. The van der Waals surface area contributed by atoms with Crippen molar-refractivity contribution < 1.29 is 23.8 Å². The second-order valence-electron chi connectivity index (χ2n) is 7.78. The molecule has 1 unspecified atom stereocenters. The van der Waals surface area contributed by atoms with Gasteiger partial charge in [0.05, 0.1) is 12.5 Å². The molecule has 8 nitrogen and oxygen atoms in total. The molecule has 1 atom stereocenters. The van der Waals surface area contributed by atoms with Crippen LogP contribution in [0.15, 0.2) is 41.3 Å². The van der Waals surface area contributed by atoms with E-state index in [1.165, 1.54) is 24.8 Å². The van der Waals surface area contributed by atoms with Gasteiger partial charge < -0.3 is 25.0 Å². The highest BCUT2D eigenvalue weighted by Gasteiger charge is 2.29. The molecular weight excluding hydrogens is 417 g/mol. The Balaban J connectivity index is 2.09. The first-order valence-electron chi connectivity index (χ1n) is 10.0. The highest BCUT2D eigenvalue weighted by molar-refractivity contribution is 5.98. The third kappa shape index (κ3) is 3.50. The average Bonchev–Trinajstić information content (AvgIpc) is 3.19. The summed E-state index contributed by atoms with van der Waals surface area (Å²) in [5, 5.41) is 9.44. The number of ketones is 1. The Morgan fingerprint density at radius 1 is 1.25 bits per heavy atom. The highest BCUT2D eigenvalue weighted by Crippen LogP contribution is 2.40. The van der Waals surface area contributed by atoms with Crippen molar-refractivity contribution in [1.82, 2.24) is 4.57 Å². The summed E-state index contributed by atoms with van der Waals surface area (Å²) in [5.74, 6) is -2.14. The lowest BCUT2D eigenvalue weighted by molar-refractivity contribution is 0.0694. The molecule has 0 amide bonds. The van der Waals surface area contributed by atoms with Crippen LogP contribution in [0.3, 0.4) is 0 Å². The molecule has 2 aromatic carbocycles. The quantitative estimate of drug-likeness (QED) is 0.587. The van der Waals surface area contributed by atoms with E-state index in [1.807, 2.05) is 0 Å². The number of carboxylic acids is 1. The Hall–Kier alpha value is -3.72. The first-order chi connectivity index (χ1) is 15.2. The third-order valence-electron chi connectivity index (χ3n) is 5.70. The molecule has 1 aromatic heterocycles. The van der Waals surface area contributed by atoms with Gasteiger partial charge in [-0.15, -0.1) is 0 Å². The number of hydrogen-bond donors (Lipinski definition) is 2. The number of fused-ring (bicyclic) bond motifs is 1. The largest absolute Gasteiger partial charge is 0.492 e. The van der Waals surface area contributed by atoms with Gasteiger partial charge in [0.1, 0.15) is 16.8 Å². The second kappa shape index (κ2) is 8.08. The Bertz CT molecular complexity index is 1300. The molecule has 3 aromatic rings. The number of halogens is 1. The maximum atomic E-state index is 15.2. The Labute approximate surface area is 182 Å². The van der Waals surface area contributed by atoms with E-state index in [4.69, 9.17) is 10.5 Å². The molecule has 0 bridgehead atoms. The van der Waals surface area contributed by atoms with Gasteiger partial charge in [0.2, 0.25) is 5.43 Å². The normalized spacial score (nSPS) is 15.9. The van der Waals surface area contributed by atoms with Crippen molar-refractivity contribution in [3.05, 3.63) is 63.7 Å². The van der Waals surface area contributed by atoms with Gasteiger partial charge >= 0.3 is 5.97 Å². The molecule has 0 saturated carbocycles. The van der Waals surface area contributed by atoms with E-state index >= 15 is 4.39 Å². The fourth-order valence-corrected chi connectivity index (χ4v) is 4.11. The van der Waals surface area contributed by atoms with E-state index < -0.39 is 22.8 Å². The number of nitrogens with zero attached hydrogens (tertiary/aromatic N) is 2. The summed E-state index contributed by atoms with van der Waals surface area (Å²) in [7, 11) is 1.37. The van der Waals surface area contributed by atoms with Crippen LogP contribution >= 0.6 is 0 Å². The Morgan fingerprint density at radius 2 is 1.94 bits per heavy atom. The monoisotopic (exact) mass is 439 g/mol. The summed E-state index contributed by atoms with van der Waals surface area (Å²) in [5.41, 5.74) is 6.04. The van der Waals surface area contributed by atoms with Crippen molar-refractivity contribution >= 4 is 28.3 Å². The first kappa shape index (κ1) is 21.5. The number of carbonyl (C=O) groups is 2. The molecule has 1 aliphatic rings. The van der Waals surface area contributed by atoms with Crippen molar-refractivity contribution in [2.75, 3.05) is 25.1 Å². The summed E-state index contributed by atoms with van der Waals surface area (Å²) in [6.07, 6.45) is 1.87. The van der Waals surface area contributed by atoms with Gasteiger partial charge in [-0.05, 0) is 43.7 Å². The third-order valence-corrected chi connectivity index (χ3v) is 5.70. The van der Waals surface area contributed by atoms with Gasteiger partial charge in [-0.25, -0.2) is 9.18 Å². The molecule has 0 radical (unpaired) electrons. The van der Waals surface area contributed by atoms with E-state index in [0.717, 1.165) is 6.07 Å². The first-order valence-corrected chi connectivity index (χ1v) is 10.0. The van der Waals surface area contributed by atoms with Crippen LogP contribution in [-0.4, -0.2) is 47.7 Å². The van der Waals surface area contributed by atoms with Crippen LogP contribution in [0.25, 0.3) is 16.6 Å². The Morgan fingerprint density at radius 3 is 2.47 bits per heavy atom. The molecule has 0 aliphatic carbocycles. The molecule has 1 fully saturated rings. The number of hydrogen-bond acceptors (Lipinski definition) is 6. The number of Topliss-reactive ketones (excluding diaryl/α,β-unsaturated/α-hetero) is 1. The number of aromatic carboxylic acids is 1. The number of pyridine rings is 1. The SMILES string of the molecule is COc1c(N2CCC(N)C2)c(F)cc2c(=O)c(C(=O)O)cn(-c3ccc(C(C)=O)cc3)c12. The van der Waals surface area contributed by atoms with Crippen LogP contribution in [-0.2, 0) is 0 Å². The number of ether oxygens (including phenoxy) is 1. The topological polar surface area (TPSA) is 115 Å². The molecule has 2 heterocycles. The van der Waals surface area contributed by atoms with Gasteiger partial charge in [0.25, 0.3) is 0 Å². The van der Waals surface area contributed by atoms with Crippen molar-refractivity contribution in [3.8, 4) is 11.4 Å². The predicted molar refractivity (Wildman–Crippen MR) is 118 cm³/mol. The van der Waals surface area contributed by atoms with Crippen molar-refractivity contribution in [2.24, 2.45) is 5.73 Å². The standard InChI is InChI=1S/C23H22FN3O5/c1-12(28)13-3-5-15(6-4-13)27-11-17(23(30)31)21(29)16-9-18(24)20(22(32-2)19(16)27)26-8-7-14(25)10-26/h3-6,9,11,14H,7-8,10,25H2,1-2H3,(H,30,31). The summed E-state index contributed by atoms with van der Waals surface area (Å²) in [4.78, 5) is 38.1. The van der Waals surface area contributed by atoms with Gasteiger partial charge in [-0.3, -0.25) is 9.59 Å². The smallest absolute Gasteiger partial charge is 0.341 e. The predicted octanol–water partition coefficient (Wildman–Crippen LogP) is 2.58. The number of benzene rings is 2. The molecular formula is C23H22FN3O5. The molecule has 166 valence electrons. The zero-order valence-electron chi connectivity index (χ0n) is 17.6. The minimum absolute atomic E-state index is 0.110. The lowest BCUT2D eigenvalue weighted by Gasteiger charge is -2.24. The maximum Gasteiger partial charge on any atom is 0.341 e. The number of aromatic nitrogens is 1. The van der Waals surface area contributed by atoms with Crippen molar-refractivity contribution in [1.29, 1.82) is 0 Å². The van der Waals surface area contributed by atoms with Gasteiger partial charge in [-0.2, -0.15) is 0 Å². The maximum absolute atomic E-state index is 15.2. The number of carbonyl (C=O) groups excluding carboxylic acids is 1. The number of anilines is 1. The van der Waals surface area contributed by atoms with Crippen LogP contribution in [0.4, 0.5) is 10.1 Å². The Kier molecular flexibility index (Phi) is 5.43. The fraction of sp³-hybridized carbons (Fsp3) is 0.261. The average molecular weight is 439 g/mol. The molecule has 0 spiro atoms. The summed E-state index contributed by atoms with van der Waals surface area (Å²) in [6.45, 7) is 2.37. The zero-order chi connectivity index (χ0) is 23.2. The fourth-order valence-electron chi connectivity index (χ4n) is 4.11. The molecule has 1 saturated heterocycles. The van der Waals surface area contributed by atoms with Crippen molar-refractivity contribution in [2.45, 2.75) is 19.4 Å². The van der Waals surface area contributed by atoms with Crippen LogP contribution in [0.2, 0.25) is 0 Å². The number of carboxylic acid groups (broad SMARTS) is 1. The number of rotatable bonds is 5. The van der Waals surface area contributed by atoms with E-state index in [-0.39, 0.29) is 34.2 Å². The van der Waals surface area contributed by atoms with E-state index in [2.05, 4.69) is 0 Å².